The van der Waals surface area contributed by atoms with Crippen LogP contribution in [-0.4, -0.2) is 23.4 Å². The van der Waals surface area contributed by atoms with Crippen molar-refractivity contribution in [3.8, 4) is 0 Å². The molecule has 0 amide bonds. The lowest BCUT2D eigenvalue weighted by atomic mass is 10.1. The van der Waals surface area contributed by atoms with Crippen LogP contribution in [0.5, 0.6) is 0 Å². The number of anilines is 2. The molecule has 106 valence electrons. The van der Waals surface area contributed by atoms with Crippen LogP contribution in [-0.2, 0) is 0 Å². The molecule has 0 bridgehead atoms. The average Bonchev–Trinajstić information content (AvgIpc) is 2.38. The van der Waals surface area contributed by atoms with E-state index in [1.54, 1.807) is 0 Å². The largest absolute Gasteiger partial charge is 0.368 e. The van der Waals surface area contributed by atoms with Crippen LogP contribution in [0.4, 0.5) is 11.6 Å². The van der Waals surface area contributed by atoms with Crippen LogP contribution in [0, 0.1) is 6.92 Å². The van der Waals surface area contributed by atoms with Gasteiger partial charge in [0.15, 0.2) is 6.29 Å². The summed E-state index contributed by atoms with van der Waals surface area (Å²) in [6.45, 7) is 10.4. The molecule has 0 fully saturated rings. The third kappa shape index (κ3) is 4.23. The molecule has 0 aromatic carbocycles. The Kier molecular flexibility index (Phi) is 5.80. The molecule has 4 heteroatoms. The van der Waals surface area contributed by atoms with Crippen molar-refractivity contribution in [1.29, 1.82) is 0 Å². The molecule has 0 saturated carbocycles. The number of nitrogens with one attached hydrogen (secondary N) is 2. The van der Waals surface area contributed by atoms with Gasteiger partial charge in [0.25, 0.3) is 0 Å². The number of aromatic nitrogens is 1. The first-order valence-corrected chi connectivity index (χ1v) is 7.01. The van der Waals surface area contributed by atoms with E-state index in [1.165, 1.54) is 0 Å². The standard InChI is InChI=1S/C15H25N3O/c1-6-11(4)16-14-8-10(3)13(9-19)15(18-14)17-12(5)7-2/h8-9,11-12H,6-7H2,1-5H3,(H2,16,17,18). The molecule has 2 atom stereocenters. The lowest BCUT2D eigenvalue weighted by molar-refractivity contribution is 0.112. The number of pyridine rings is 1. The van der Waals surface area contributed by atoms with Gasteiger partial charge in [-0.25, -0.2) is 4.98 Å². The van der Waals surface area contributed by atoms with Gasteiger partial charge in [-0.15, -0.1) is 0 Å². The number of hydrogen-bond acceptors (Lipinski definition) is 4. The smallest absolute Gasteiger partial charge is 0.154 e. The molecule has 0 aliphatic heterocycles. The number of hydrogen-bond donors (Lipinski definition) is 2. The average molecular weight is 263 g/mol. The minimum atomic E-state index is 0.296. The Morgan fingerprint density at radius 3 is 2.32 bits per heavy atom. The molecule has 19 heavy (non-hydrogen) atoms. The predicted octanol–water partition coefficient (Wildman–Crippen LogP) is 3.62. The van der Waals surface area contributed by atoms with E-state index >= 15 is 0 Å². The number of rotatable bonds is 7. The van der Waals surface area contributed by atoms with E-state index in [1.807, 2.05) is 13.0 Å². The monoisotopic (exact) mass is 263 g/mol. The quantitative estimate of drug-likeness (QED) is 0.738. The number of aryl methyl sites for hydroxylation is 1. The summed E-state index contributed by atoms with van der Waals surface area (Å²) in [5.74, 6) is 1.50. The second kappa shape index (κ2) is 7.12. The zero-order chi connectivity index (χ0) is 14.4. The Bertz CT molecular complexity index is 432. The van der Waals surface area contributed by atoms with E-state index in [0.29, 0.717) is 23.5 Å². The van der Waals surface area contributed by atoms with Crippen molar-refractivity contribution >= 4 is 17.9 Å². The normalized spacial score (nSPS) is 13.7. The minimum absolute atomic E-state index is 0.296. The van der Waals surface area contributed by atoms with Crippen molar-refractivity contribution in [2.24, 2.45) is 0 Å². The van der Waals surface area contributed by atoms with E-state index in [4.69, 9.17) is 0 Å². The van der Waals surface area contributed by atoms with Gasteiger partial charge in [0.1, 0.15) is 11.6 Å². The molecule has 0 saturated heterocycles. The van der Waals surface area contributed by atoms with Gasteiger partial charge < -0.3 is 10.6 Å². The minimum Gasteiger partial charge on any atom is -0.368 e. The van der Waals surface area contributed by atoms with Gasteiger partial charge in [0, 0.05) is 12.1 Å². The topological polar surface area (TPSA) is 54.0 Å². The number of carbonyl (C=O) groups is 1. The van der Waals surface area contributed by atoms with Crippen molar-refractivity contribution < 1.29 is 4.79 Å². The van der Waals surface area contributed by atoms with E-state index in [2.05, 4.69) is 43.3 Å². The highest BCUT2D eigenvalue weighted by atomic mass is 16.1. The second-order valence-corrected chi connectivity index (χ2v) is 5.11. The first-order valence-electron chi connectivity index (χ1n) is 7.01. The maximum absolute atomic E-state index is 11.2. The molecule has 4 nitrogen and oxygen atoms in total. The second-order valence-electron chi connectivity index (χ2n) is 5.11. The van der Waals surface area contributed by atoms with Gasteiger partial charge in [-0.2, -0.15) is 0 Å². The van der Waals surface area contributed by atoms with Crippen LogP contribution in [0.15, 0.2) is 6.07 Å². The van der Waals surface area contributed by atoms with Crippen LogP contribution in [0.25, 0.3) is 0 Å². The van der Waals surface area contributed by atoms with E-state index in [0.717, 1.165) is 30.5 Å². The fourth-order valence-corrected chi connectivity index (χ4v) is 1.71. The Balaban J connectivity index is 3.07. The highest BCUT2D eigenvalue weighted by molar-refractivity contribution is 5.85. The van der Waals surface area contributed by atoms with Crippen LogP contribution in [0.1, 0.15) is 56.5 Å². The van der Waals surface area contributed by atoms with Gasteiger partial charge in [-0.1, -0.05) is 13.8 Å². The summed E-state index contributed by atoms with van der Waals surface area (Å²) in [6, 6.07) is 2.59. The fraction of sp³-hybridized carbons (Fsp3) is 0.600. The number of aldehydes is 1. The lowest BCUT2D eigenvalue weighted by Gasteiger charge is -2.18. The van der Waals surface area contributed by atoms with Gasteiger partial charge in [-0.05, 0) is 45.2 Å². The zero-order valence-electron chi connectivity index (χ0n) is 12.6. The Hall–Kier alpha value is -1.58. The van der Waals surface area contributed by atoms with Crippen LogP contribution in [0.3, 0.4) is 0 Å². The SMILES string of the molecule is CCC(C)Nc1cc(C)c(C=O)c(NC(C)CC)n1. The van der Waals surface area contributed by atoms with E-state index in [9.17, 15) is 4.79 Å². The summed E-state index contributed by atoms with van der Waals surface area (Å²) in [7, 11) is 0. The molecule has 0 aliphatic carbocycles. The van der Waals surface area contributed by atoms with Crippen molar-refractivity contribution in [3.63, 3.8) is 0 Å². The van der Waals surface area contributed by atoms with E-state index < -0.39 is 0 Å². The molecule has 0 spiro atoms. The highest BCUT2D eigenvalue weighted by Gasteiger charge is 2.12. The van der Waals surface area contributed by atoms with Crippen LogP contribution in [0.2, 0.25) is 0 Å². The van der Waals surface area contributed by atoms with E-state index in [-0.39, 0.29) is 0 Å². The predicted molar refractivity (Wildman–Crippen MR) is 81.1 cm³/mol. The summed E-state index contributed by atoms with van der Waals surface area (Å²) < 4.78 is 0. The molecular weight excluding hydrogens is 238 g/mol. The lowest BCUT2D eigenvalue weighted by Crippen LogP contribution is -2.19. The number of nitrogens with zero attached hydrogens (tertiary/aromatic N) is 1. The summed E-state index contributed by atoms with van der Waals surface area (Å²) in [6.07, 6.45) is 2.90. The molecule has 0 radical (unpaired) electrons. The van der Waals surface area contributed by atoms with Crippen molar-refractivity contribution in [3.05, 3.63) is 17.2 Å². The number of carbonyl (C=O) groups excluding carboxylic acids is 1. The molecular formula is C15H25N3O. The van der Waals surface area contributed by atoms with Gasteiger partial charge >= 0.3 is 0 Å². The highest BCUT2D eigenvalue weighted by Crippen LogP contribution is 2.21. The van der Waals surface area contributed by atoms with Gasteiger partial charge in [-0.3, -0.25) is 4.79 Å². The molecule has 0 aliphatic rings. The summed E-state index contributed by atoms with van der Waals surface area (Å²) in [4.78, 5) is 15.7. The van der Waals surface area contributed by atoms with Crippen molar-refractivity contribution in [2.45, 2.75) is 59.5 Å². The van der Waals surface area contributed by atoms with Gasteiger partial charge in [0.05, 0.1) is 5.56 Å². The summed E-state index contributed by atoms with van der Waals surface area (Å²) in [5, 5.41) is 6.65. The molecule has 1 aromatic rings. The van der Waals surface area contributed by atoms with Crippen LogP contribution < -0.4 is 10.6 Å². The van der Waals surface area contributed by atoms with Crippen LogP contribution >= 0.6 is 0 Å². The zero-order valence-corrected chi connectivity index (χ0v) is 12.6. The first kappa shape index (κ1) is 15.5. The van der Waals surface area contributed by atoms with Gasteiger partial charge in [0.2, 0.25) is 0 Å². The molecule has 2 N–H and O–H groups in total. The molecule has 1 aromatic heterocycles. The maximum Gasteiger partial charge on any atom is 0.154 e. The first-order chi connectivity index (χ1) is 9.01. The molecule has 1 rings (SSSR count). The molecule has 1 heterocycles. The van der Waals surface area contributed by atoms with Crippen molar-refractivity contribution in [2.75, 3.05) is 10.6 Å². The Morgan fingerprint density at radius 2 is 1.79 bits per heavy atom. The Morgan fingerprint density at radius 1 is 1.21 bits per heavy atom. The van der Waals surface area contributed by atoms with Crippen molar-refractivity contribution in [1.82, 2.24) is 4.98 Å². The molecule has 2 unspecified atom stereocenters. The third-order valence-corrected chi connectivity index (χ3v) is 3.39. The fourth-order valence-electron chi connectivity index (χ4n) is 1.71. The summed E-state index contributed by atoms with van der Waals surface area (Å²) >= 11 is 0. The third-order valence-electron chi connectivity index (χ3n) is 3.39. The Labute approximate surface area is 116 Å². The maximum atomic E-state index is 11.2. The summed E-state index contributed by atoms with van der Waals surface area (Å²) in [5.41, 5.74) is 1.59.